The summed E-state index contributed by atoms with van der Waals surface area (Å²) in [7, 11) is 0. The average molecular weight is 280 g/mol. The van der Waals surface area contributed by atoms with E-state index >= 15 is 0 Å². The van der Waals surface area contributed by atoms with Crippen LogP contribution in [0.4, 0.5) is 11.4 Å². The molecule has 0 fully saturated rings. The summed E-state index contributed by atoms with van der Waals surface area (Å²) in [6, 6.07) is 17.6. The van der Waals surface area contributed by atoms with Gasteiger partial charge in [0, 0.05) is 0 Å². The normalized spacial score (nSPS) is 15.6. The van der Waals surface area contributed by atoms with Crippen LogP contribution < -0.4 is 15.6 Å². The predicted octanol–water partition coefficient (Wildman–Crippen LogP) is 2.38. The lowest BCUT2D eigenvalue weighted by Gasteiger charge is -2.23. The number of hydrogen-bond acceptors (Lipinski definition) is 3. The minimum atomic E-state index is 0. The Morgan fingerprint density at radius 2 is 1.52 bits per heavy atom. The molecular formula is C16H14N3O2. The number of nitrogens with zero attached hydrogens (tertiary/aromatic N) is 3. The number of hydrogen-bond donors (Lipinski definition) is 1. The number of fused-ring (bicyclic) bond motifs is 3. The van der Waals surface area contributed by atoms with Crippen molar-refractivity contribution >= 4 is 17.5 Å². The van der Waals surface area contributed by atoms with Crippen molar-refractivity contribution in [2.45, 2.75) is 0 Å². The van der Waals surface area contributed by atoms with E-state index in [2.05, 4.69) is 5.53 Å². The Bertz CT molecular complexity index is 725. The molecule has 0 aliphatic carbocycles. The maximum atomic E-state index is 10.4. The molecule has 2 aromatic carbocycles. The summed E-state index contributed by atoms with van der Waals surface area (Å²) in [4.78, 5) is 0. The summed E-state index contributed by atoms with van der Waals surface area (Å²) in [6.45, 7) is 0. The molecule has 2 aliphatic rings. The van der Waals surface area contributed by atoms with Gasteiger partial charge in [-0.3, -0.25) is 0 Å². The number of benzene rings is 2. The third kappa shape index (κ3) is 1.96. The average Bonchev–Trinajstić information content (AvgIpc) is 2.86. The molecule has 0 atom stereocenters. The van der Waals surface area contributed by atoms with Crippen LogP contribution in [-0.2, 0) is 0 Å². The molecule has 0 aromatic heterocycles. The van der Waals surface area contributed by atoms with Gasteiger partial charge in [0.1, 0.15) is 5.70 Å². The van der Waals surface area contributed by atoms with E-state index in [0.29, 0.717) is 5.70 Å². The van der Waals surface area contributed by atoms with Gasteiger partial charge in [-0.25, -0.2) is 10.0 Å². The van der Waals surface area contributed by atoms with Gasteiger partial charge in [-0.1, -0.05) is 42.5 Å². The van der Waals surface area contributed by atoms with Gasteiger partial charge in [0.15, 0.2) is 0 Å². The number of aliphatic hydroxyl groups excluding tert-OH is 1. The van der Waals surface area contributed by atoms with Crippen LogP contribution in [0.2, 0.25) is 0 Å². The topological polar surface area (TPSA) is 72.3 Å². The Hall–Kier alpha value is -2.76. The van der Waals surface area contributed by atoms with E-state index < -0.39 is 0 Å². The van der Waals surface area contributed by atoms with Gasteiger partial charge < -0.3 is 10.6 Å². The highest BCUT2D eigenvalue weighted by molar-refractivity contribution is 5.78. The van der Waals surface area contributed by atoms with E-state index in [1.165, 1.54) is 0 Å². The van der Waals surface area contributed by atoms with Gasteiger partial charge in [-0.2, -0.15) is 0 Å². The SMILES string of the molecule is O.OC1=C2C=Cc3ccccc3N2[N]N1c1ccccc1. The summed E-state index contributed by atoms with van der Waals surface area (Å²) >= 11 is 0. The van der Waals surface area contributed by atoms with Gasteiger partial charge >= 0.3 is 0 Å². The predicted molar refractivity (Wildman–Crippen MR) is 82.3 cm³/mol. The monoisotopic (exact) mass is 280 g/mol. The molecule has 2 aliphatic heterocycles. The van der Waals surface area contributed by atoms with E-state index in [9.17, 15) is 5.11 Å². The van der Waals surface area contributed by atoms with Crippen molar-refractivity contribution in [1.29, 1.82) is 0 Å². The van der Waals surface area contributed by atoms with Gasteiger partial charge in [-0.15, -0.1) is 0 Å². The largest absolute Gasteiger partial charge is 0.492 e. The quantitative estimate of drug-likeness (QED) is 0.871. The van der Waals surface area contributed by atoms with Gasteiger partial charge in [0.2, 0.25) is 5.88 Å². The first-order valence-electron chi connectivity index (χ1n) is 6.42. The van der Waals surface area contributed by atoms with E-state index in [1.54, 1.807) is 10.0 Å². The second kappa shape index (κ2) is 4.97. The summed E-state index contributed by atoms with van der Waals surface area (Å²) in [6.07, 6.45) is 3.87. The van der Waals surface area contributed by atoms with Crippen molar-refractivity contribution in [3.63, 3.8) is 0 Å². The van der Waals surface area contributed by atoms with Crippen LogP contribution in [-0.4, -0.2) is 10.6 Å². The summed E-state index contributed by atoms with van der Waals surface area (Å²) in [5.41, 5.74) is 8.07. The van der Waals surface area contributed by atoms with Crippen LogP contribution >= 0.6 is 0 Å². The van der Waals surface area contributed by atoms with E-state index in [1.807, 2.05) is 66.7 Å². The highest BCUT2D eigenvalue weighted by atomic mass is 16.3. The number of anilines is 2. The lowest BCUT2D eigenvalue weighted by atomic mass is 10.1. The highest BCUT2D eigenvalue weighted by Crippen LogP contribution is 2.36. The first kappa shape index (κ1) is 13.2. The van der Waals surface area contributed by atoms with Crippen LogP contribution in [0.15, 0.2) is 72.3 Å². The number of para-hydroxylation sites is 2. The molecule has 105 valence electrons. The van der Waals surface area contributed by atoms with E-state index in [0.717, 1.165) is 16.9 Å². The van der Waals surface area contributed by atoms with Gasteiger partial charge in [0.05, 0.1) is 11.4 Å². The third-order valence-corrected chi connectivity index (χ3v) is 3.42. The van der Waals surface area contributed by atoms with Gasteiger partial charge in [0.25, 0.3) is 0 Å². The van der Waals surface area contributed by atoms with Crippen LogP contribution in [0.25, 0.3) is 6.08 Å². The molecule has 2 heterocycles. The maximum Gasteiger partial charge on any atom is 0.235 e. The molecule has 0 amide bonds. The first-order valence-corrected chi connectivity index (χ1v) is 6.42. The second-order valence-electron chi connectivity index (χ2n) is 4.65. The van der Waals surface area contributed by atoms with Gasteiger partial charge in [-0.05, 0) is 35.4 Å². The molecule has 0 saturated carbocycles. The van der Waals surface area contributed by atoms with Crippen LogP contribution in [0.1, 0.15) is 5.56 Å². The smallest absolute Gasteiger partial charge is 0.235 e. The van der Waals surface area contributed by atoms with Crippen molar-refractivity contribution in [3.8, 4) is 0 Å². The molecule has 0 spiro atoms. The third-order valence-electron chi connectivity index (χ3n) is 3.42. The molecule has 1 radical (unpaired) electrons. The summed E-state index contributed by atoms with van der Waals surface area (Å²) in [5, 5.41) is 13.7. The van der Waals surface area contributed by atoms with E-state index in [4.69, 9.17) is 0 Å². The Kier molecular flexibility index (Phi) is 3.13. The molecule has 0 saturated heterocycles. The zero-order chi connectivity index (χ0) is 13.5. The molecule has 0 bridgehead atoms. The van der Waals surface area contributed by atoms with Crippen molar-refractivity contribution < 1.29 is 10.6 Å². The standard InChI is InChI=1S/C16H12N3O.H2O/c20-16-15-11-10-12-6-4-5-9-14(12)19(15)17-18(16)13-7-2-1-3-8-13;/h1-11,20H;1H2. The summed E-state index contributed by atoms with van der Waals surface area (Å²) < 4.78 is 0. The molecule has 0 unspecified atom stereocenters. The minimum absolute atomic E-state index is 0. The number of rotatable bonds is 1. The molecule has 5 heteroatoms. The fourth-order valence-corrected chi connectivity index (χ4v) is 2.44. The number of allylic oxidation sites excluding steroid dienone is 1. The van der Waals surface area contributed by atoms with Crippen molar-refractivity contribution in [1.82, 2.24) is 5.53 Å². The zero-order valence-corrected chi connectivity index (χ0v) is 11.1. The Morgan fingerprint density at radius 3 is 2.33 bits per heavy atom. The fourth-order valence-electron chi connectivity index (χ4n) is 2.44. The molecule has 5 nitrogen and oxygen atoms in total. The highest BCUT2D eigenvalue weighted by Gasteiger charge is 2.33. The van der Waals surface area contributed by atoms with Crippen LogP contribution in [0, 0.1) is 0 Å². The minimum Gasteiger partial charge on any atom is -0.492 e. The Labute approximate surface area is 122 Å². The molecule has 3 N–H and O–H groups in total. The van der Waals surface area contributed by atoms with Crippen LogP contribution in [0.3, 0.4) is 0 Å². The first-order chi connectivity index (χ1) is 9.84. The Balaban J connectivity index is 0.00000132. The summed E-state index contributed by atoms with van der Waals surface area (Å²) in [5.74, 6) is 0.141. The molecule has 21 heavy (non-hydrogen) atoms. The molecule has 4 rings (SSSR count). The fraction of sp³-hybridized carbons (Fsp3) is 0. The maximum absolute atomic E-state index is 10.4. The van der Waals surface area contributed by atoms with E-state index in [-0.39, 0.29) is 11.4 Å². The zero-order valence-electron chi connectivity index (χ0n) is 11.1. The molecular weight excluding hydrogens is 266 g/mol. The lowest BCUT2D eigenvalue weighted by Crippen LogP contribution is -2.35. The lowest BCUT2D eigenvalue weighted by molar-refractivity contribution is 0.387. The van der Waals surface area contributed by atoms with Crippen molar-refractivity contribution in [2.75, 3.05) is 10.0 Å². The van der Waals surface area contributed by atoms with Crippen molar-refractivity contribution in [3.05, 3.63) is 77.8 Å². The Morgan fingerprint density at radius 1 is 0.810 bits per heavy atom. The number of aliphatic hydroxyl groups is 1. The second-order valence-corrected chi connectivity index (χ2v) is 4.65. The molecule has 2 aromatic rings. The van der Waals surface area contributed by atoms with Crippen LogP contribution in [0.5, 0.6) is 0 Å². The van der Waals surface area contributed by atoms with Crippen molar-refractivity contribution in [2.24, 2.45) is 0 Å².